The molecule has 92 valence electrons. The quantitative estimate of drug-likeness (QED) is 0.700. The number of nitrogens with zero attached hydrogens (tertiary/aromatic N) is 2. The van der Waals surface area contributed by atoms with Crippen molar-refractivity contribution in [2.24, 2.45) is 0 Å². The van der Waals surface area contributed by atoms with E-state index in [0.717, 1.165) is 37.8 Å². The molecule has 5 heteroatoms. The second-order valence-electron chi connectivity index (χ2n) is 3.64. The molecule has 1 aromatic rings. The van der Waals surface area contributed by atoms with Crippen LogP contribution in [0.3, 0.4) is 0 Å². The van der Waals surface area contributed by atoms with E-state index in [2.05, 4.69) is 34.6 Å². The predicted molar refractivity (Wildman–Crippen MR) is 69.5 cm³/mol. The van der Waals surface area contributed by atoms with Gasteiger partial charge in [0.25, 0.3) is 0 Å². The van der Waals surface area contributed by atoms with Gasteiger partial charge in [0.15, 0.2) is 5.13 Å². The van der Waals surface area contributed by atoms with Crippen LogP contribution in [0.2, 0.25) is 0 Å². The molecule has 0 aromatic carbocycles. The molecular formula is C11H21N3OS. The first kappa shape index (κ1) is 13.4. The van der Waals surface area contributed by atoms with Crippen LogP contribution in [0.1, 0.15) is 12.6 Å². The summed E-state index contributed by atoms with van der Waals surface area (Å²) >= 11 is 1.71. The molecule has 1 rings (SSSR count). The highest BCUT2D eigenvalue weighted by Crippen LogP contribution is 2.18. The highest BCUT2D eigenvalue weighted by atomic mass is 32.1. The number of likely N-dealkylation sites (N-methyl/N-ethyl adjacent to an activating group) is 1. The van der Waals surface area contributed by atoms with Crippen LogP contribution in [0.15, 0.2) is 5.38 Å². The molecule has 0 radical (unpaired) electrons. The SMILES string of the molecule is CCc1csc(N(C)CCNCCOC)n1. The van der Waals surface area contributed by atoms with E-state index in [1.165, 1.54) is 5.69 Å². The number of methoxy groups -OCH3 is 1. The molecule has 0 spiro atoms. The number of hydrogen-bond acceptors (Lipinski definition) is 5. The van der Waals surface area contributed by atoms with Crippen molar-refractivity contribution in [1.29, 1.82) is 0 Å². The minimum absolute atomic E-state index is 0.765. The first-order valence-corrected chi connectivity index (χ1v) is 6.51. The van der Waals surface area contributed by atoms with E-state index in [1.54, 1.807) is 18.4 Å². The Labute approximate surface area is 102 Å². The van der Waals surface area contributed by atoms with Crippen LogP contribution in [0, 0.1) is 0 Å². The lowest BCUT2D eigenvalue weighted by Crippen LogP contribution is -2.30. The van der Waals surface area contributed by atoms with Crippen molar-refractivity contribution in [2.75, 3.05) is 45.3 Å². The van der Waals surface area contributed by atoms with Gasteiger partial charge in [0.1, 0.15) is 0 Å². The second kappa shape index (κ2) is 7.60. The maximum Gasteiger partial charge on any atom is 0.185 e. The lowest BCUT2D eigenvalue weighted by atomic mass is 10.4. The summed E-state index contributed by atoms with van der Waals surface area (Å²) < 4.78 is 4.97. The van der Waals surface area contributed by atoms with Gasteiger partial charge < -0.3 is 15.0 Å². The van der Waals surface area contributed by atoms with Crippen molar-refractivity contribution in [3.63, 3.8) is 0 Å². The summed E-state index contributed by atoms with van der Waals surface area (Å²) in [7, 11) is 3.80. The smallest absolute Gasteiger partial charge is 0.185 e. The zero-order valence-electron chi connectivity index (χ0n) is 10.3. The molecule has 1 aromatic heterocycles. The summed E-state index contributed by atoms with van der Waals surface area (Å²) in [5, 5.41) is 6.55. The van der Waals surface area contributed by atoms with Crippen molar-refractivity contribution in [3.05, 3.63) is 11.1 Å². The van der Waals surface area contributed by atoms with E-state index in [4.69, 9.17) is 4.74 Å². The zero-order valence-corrected chi connectivity index (χ0v) is 11.1. The lowest BCUT2D eigenvalue weighted by Gasteiger charge is -2.15. The van der Waals surface area contributed by atoms with E-state index < -0.39 is 0 Å². The third-order valence-electron chi connectivity index (χ3n) is 2.34. The summed E-state index contributed by atoms with van der Waals surface area (Å²) in [6, 6.07) is 0. The Balaban J connectivity index is 2.21. The molecular weight excluding hydrogens is 222 g/mol. The van der Waals surface area contributed by atoms with E-state index in [-0.39, 0.29) is 0 Å². The maximum atomic E-state index is 4.97. The molecule has 0 aliphatic heterocycles. The minimum atomic E-state index is 0.765. The molecule has 0 fully saturated rings. The molecule has 4 nitrogen and oxygen atoms in total. The van der Waals surface area contributed by atoms with E-state index >= 15 is 0 Å². The van der Waals surface area contributed by atoms with Gasteiger partial charge in [-0.15, -0.1) is 11.3 Å². The Morgan fingerprint density at radius 3 is 2.94 bits per heavy atom. The monoisotopic (exact) mass is 243 g/mol. The fourth-order valence-corrected chi connectivity index (χ4v) is 2.18. The second-order valence-corrected chi connectivity index (χ2v) is 4.48. The molecule has 0 aliphatic rings. The van der Waals surface area contributed by atoms with Gasteiger partial charge in [-0.1, -0.05) is 6.92 Å². The van der Waals surface area contributed by atoms with Gasteiger partial charge in [-0.2, -0.15) is 0 Å². The first-order chi connectivity index (χ1) is 7.77. The van der Waals surface area contributed by atoms with Gasteiger partial charge >= 0.3 is 0 Å². The molecule has 1 N–H and O–H groups in total. The average Bonchev–Trinajstić information content (AvgIpc) is 2.77. The number of hydrogen-bond donors (Lipinski definition) is 1. The largest absolute Gasteiger partial charge is 0.383 e. The molecule has 0 bridgehead atoms. The Bertz CT molecular complexity index is 291. The number of ether oxygens (including phenoxy) is 1. The number of rotatable bonds is 8. The Morgan fingerprint density at radius 2 is 2.31 bits per heavy atom. The molecule has 1 heterocycles. The Morgan fingerprint density at radius 1 is 1.50 bits per heavy atom. The normalized spacial score (nSPS) is 10.7. The van der Waals surface area contributed by atoms with E-state index in [1.807, 2.05) is 0 Å². The van der Waals surface area contributed by atoms with E-state index in [0.29, 0.717) is 0 Å². The first-order valence-electron chi connectivity index (χ1n) is 5.63. The molecule has 0 aliphatic carbocycles. The van der Waals surface area contributed by atoms with Gasteiger partial charge in [0, 0.05) is 39.2 Å². The molecule has 0 amide bonds. The number of nitrogens with one attached hydrogen (secondary N) is 1. The van der Waals surface area contributed by atoms with Gasteiger partial charge in [-0.05, 0) is 6.42 Å². The average molecular weight is 243 g/mol. The van der Waals surface area contributed by atoms with Gasteiger partial charge in [0.05, 0.1) is 12.3 Å². The lowest BCUT2D eigenvalue weighted by molar-refractivity contribution is 0.200. The third-order valence-corrected chi connectivity index (χ3v) is 3.34. The van der Waals surface area contributed by atoms with Crippen molar-refractivity contribution >= 4 is 16.5 Å². The topological polar surface area (TPSA) is 37.4 Å². The summed E-state index contributed by atoms with van der Waals surface area (Å²) in [6.07, 6.45) is 1.01. The van der Waals surface area contributed by atoms with Crippen molar-refractivity contribution < 1.29 is 4.74 Å². The predicted octanol–water partition coefficient (Wildman–Crippen LogP) is 1.38. The Hall–Kier alpha value is -0.650. The van der Waals surface area contributed by atoms with Gasteiger partial charge in [0.2, 0.25) is 0 Å². The summed E-state index contributed by atoms with van der Waals surface area (Å²) in [4.78, 5) is 6.72. The molecule has 0 atom stereocenters. The molecule has 16 heavy (non-hydrogen) atoms. The maximum absolute atomic E-state index is 4.97. The standard InChI is InChI=1S/C11H21N3OS/c1-4-10-9-16-11(13-10)14(2)7-5-12-6-8-15-3/h9,12H,4-8H2,1-3H3. The number of aryl methyl sites for hydroxylation is 1. The Kier molecular flexibility index (Phi) is 6.37. The summed E-state index contributed by atoms with van der Waals surface area (Å²) in [5.41, 5.74) is 1.18. The minimum Gasteiger partial charge on any atom is -0.383 e. The molecule has 0 unspecified atom stereocenters. The third kappa shape index (κ3) is 4.47. The van der Waals surface area contributed by atoms with Crippen LogP contribution in [0.4, 0.5) is 5.13 Å². The van der Waals surface area contributed by atoms with Crippen LogP contribution in [-0.4, -0.2) is 45.4 Å². The van der Waals surface area contributed by atoms with Crippen LogP contribution in [0.5, 0.6) is 0 Å². The highest BCUT2D eigenvalue weighted by Gasteiger charge is 2.05. The van der Waals surface area contributed by atoms with Crippen LogP contribution in [-0.2, 0) is 11.2 Å². The number of thiazole rings is 1. The fourth-order valence-electron chi connectivity index (χ4n) is 1.28. The van der Waals surface area contributed by atoms with Gasteiger partial charge in [-0.25, -0.2) is 4.98 Å². The van der Waals surface area contributed by atoms with Crippen molar-refractivity contribution in [3.8, 4) is 0 Å². The van der Waals surface area contributed by atoms with Gasteiger partial charge in [-0.3, -0.25) is 0 Å². The highest BCUT2D eigenvalue weighted by molar-refractivity contribution is 7.13. The molecule has 0 saturated carbocycles. The fraction of sp³-hybridized carbons (Fsp3) is 0.727. The number of anilines is 1. The van der Waals surface area contributed by atoms with Crippen molar-refractivity contribution in [1.82, 2.24) is 10.3 Å². The van der Waals surface area contributed by atoms with Crippen LogP contribution >= 0.6 is 11.3 Å². The van der Waals surface area contributed by atoms with Crippen LogP contribution < -0.4 is 10.2 Å². The summed E-state index contributed by atoms with van der Waals surface area (Å²) in [6.45, 7) is 5.73. The number of aromatic nitrogens is 1. The van der Waals surface area contributed by atoms with Crippen LogP contribution in [0.25, 0.3) is 0 Å². The van der Waals surface area contributed by atoms with Crippen molar-refractivity contribution in [2.45, 2.75) is 13.3 Å². The van der Waals surface area contributed by atoms with E-state index in [9.17, 15) is 0 Å². The molecule has 0 saturated heterocycles. The zero-order chi connectivity index (χ0) is 11.8. The summed E-state index contributed by atoms with van der Waals surface area (Å²) in [5.74, 6) is 0.